The van der Waals surface area contributed by atoms with Gasteiger partial charge in [-0.1, -0.05) is 12.1 Å². The smallest absolute Gasteiger partial charge is 0.217 e. The summed E-state index contributed by atoms with van der Waals surface area (Å²) in [5, 5.41) is 0. The van der Waals surface area contributed by atoms with E-state index in [-0.39, 0.29) is 5.91 Å². The SMILES string of the molecule is COc1ccc(CN2CCC[C@@H](CC(N)=O)C2)cc1. The Morgan fingerprint density at radius 1 is 1.42 bits per heavy atom. The maximum absolute atomic E-state index is 11.0. The van der Waals surface area contributed by atoms with Crippen molar-refractivity contribution in [1.82, 2.24) is 4.90 Å². The number of carbonyl (C=O) groups is 1. The highest BCUT2D eigenvalue weighted by Crippen LogP contribution is 2.21. The molecule has 1 amide bonds. The van der Waals surface area contributed by atoms with Crippen molar-refractivity contribution in [2.45, 2.75) is 25.8 Å². The molecule has 1 aliphatic heterocycles. The lowest BCUT2D eigenvalue weighted by molar-refractivity contribution is -0.119. The van der Waals surface area contributed by atoms with Gasteiger partial charge in [0.05, 0.1) is 7.11 Å². The van der Waals surface area contributed by atoms with Crippen LogP contribution in [-0.4, -0.2) is 31.0 Å². The summed E-state index contributed by atoms with van der Waals surface area (Å²) < 4.78 is 5.15. The fraction of sp³-hybridized carbons (Fsp3) is 0.533. The normalized spacial score (nSPS) is 20.2. The molecular formula is C15H22N2O2. The summed E-state index contributed by atoms with van der Waals surface area (Å²) in [6.07, 6.45) is 2.77. The predicted octanol–water partition coefficient (Wildman–Crippen LogP) is 1.78. The highest BCUT2D eigenvalue weighted by molar-refractivity contribution is 5.74. The van der Waals surface area contributed by atoms with Gasteiger partial charge >= 0.3 is 0 Å². The number of ether oxygens (including phenoxy) is 1. The Morgan fingerprint density at radius 2 is 2.16 bits per heavy atom. The average Bonchev–Trinajstić information content (AvgIpc) is 2.39. The van der Waals surface area contributed by atoms with Crippen molar-refractivity contribution >= 4 is 5.91 Å². The number of hydrogen-bond acceptors (Lipinski definition) is 3. The van der Waals surface area contributed by atoms with Gasteiger partial charge in [0.1, 0.15) is 5.75 Å². The molecule has 1 aromatic rings. The van der Waals surface area contributed by atoms with Crippen LogP contribution < -0.4 is 10.5 Å². The summed E-state index contributed by atoms with van der Waals surface area (Å²) in [7, 11) is 1.67. The molecule has 1 atom stereocenters. The largest absolute Gasteiger partial charge is 0.497 e. The molecule has 104 valence electrons. The fourth-order valence-corrected chi connectivity index (χ4v) is 2.74. The zero-order chi connectivity index (χ0) is 13.7. The molecule has 4 nitrogen and oxygen atoms in total. The third kappa shape index (κ3) is 4.24. The molecule has 0 aromatic heterocycles. The summed E-state index contributed by atoms with van der Waals surface area (Å²) in [5.74, 6) is 1.12. The second-order valence-electron chi connectivity index (χ2n) is 5.26. The van der Waals surface area contributed by atoms with E-state index in [2.05, 4.69) is 17.0 Å². The number of piperidine rings is 1. The van der Waals surface area contributed by atoms with Crippen LogP contribution in [0.3, 0.4) is 0 Å². The molecule has 4 heteroatoms. The number of benzene rings is 1. The third-order valence-corrected chi connectivity index (χ3v) is 3.66. The van der Waals surface area contributed by atoms with Gasteiger partial charge in [-0.25, -0.2) is 0 Å². The number of carbonyl (C=O) groups excluding carboxylic acids is 1. The second kappa shape index (κ2) is 6.57. The maximum Gasteiger partial charge on any atom is 0.217 e. The van der Waals surface area contributed by atoms with Gasteiger partial charge in [-0.15, -0.1) is 0 Å². The number of amides is 1. The number of methoxy groups -OCH3 is 1. The van der Waals surface area contributed by atoms with Gasteiger partial charge in [0, 0.05) is 19.5 Å². The molecule has 1 saturated heterocycles. The Kier molecular flexibility index (Phi) is 4.80. The van der Waals surface area contributed by atoms with Crippen LogP contribution in [0.15, 0.2) is 24.3 Å². The first-order valence-electron chi connectivity index (χ1n) is 6.81. The van der Waals surface area contributed by atoms with Crippen LogP contribution in [0.4, 0.5) is 0 Å². The lowest BCUT2D eigenvalue weighted by atomic mass is 9.94. The van der Waals surface area contributed by atoms with Gasteiger partial charge < -0.3 is 10.5 Å². The lowest BCUT2D eigenvalue weighted by Gasteiger charge is -2.32. The van der Waals surface area contributed by atoms with Crippen LogP contribution in [0.1, 0.15) is 24.8 Å². The molecule has 2 rings (SSSR count). The molecule has 0 spiro atoms. The zero-order valence-corrected chi connectivity index (χ0v) is 11.5. The van der Waals surface area contributed by atoms with E-state index in [1.54, 1.807) is 7.11 Å². The monoisotopic (exact) mass is 262 g/mol. The Morgan fingerprint density at radius 3 is 2.79 bits per heavy atom. The maximum atomic E-state index is 11.0. The first kappa shape index (κ1) is 13.9. The number of nitrogens with two attached hydrogens (primary N) is 1. The number of primary amides is 1. The van der Waals surface area contributed by atoms with Crippen molar-refractivity contribution < 1.29 is 9.53 Å². The van der Waals surface area contributed by atoms with Gasteiger partial charge in [-0.3, -0.25) is 9.69 Å². The molecule has 0 unspecified atom stereocenters. The number of rotatable bonds is 5. The van der Waals surface area contributed by atoms with Crippen LogP contribution in [0, 0.1) is 5.92 Å². The number of hydrogen-bond donors (Lipinski definition) is 1. The first-order chi connectivity index (χ1) is 9.17. The molecule has 0 radical (unpaired) electrons. The van der Waals surface area contributed by atoms with E-state index in [1.807, 2.05) is 12.1 Å². The highest BCUT2D eigenvalue weighted by atomic mass is 16.5. The summed E-state index contributed by atoms with van der Waals surface area (Å²) in [4.78, 5) is 13.4. The van der Waals surface area contributed by atoms with Gasteiger partial charge in [0.15, 0.2) is 0 Å². The van der Waals surface area contributed by atoms with Crippen molar-refractivity contribution in [2.24, 2.45) is 11.7 Å². The highest BCUT2D eigenvalue weighted by Gasteiger charge is 2.21. The molecule has 1 aliphatic rings. The molecule has 1 fully saturated rings. The quantitative estimate of drug-likeness (QED) is 0.880. The molecular weight excluding hydrogens is 240 g/mol. The van der Waals surface area contributed by atoms with Crippen LogP contribution in [0.25, 0.3) is 0 Å². The summed E-state index contributed by atoms with van der Waals surface area (Å²) in [5.41, 5.74) is 6.56. The topological polar surface area (TPSA) is 55.6 Å². The standard InChI is InChI=1S/C15H22N2O2/c1-19-14-6-4-12(5-7-14)10-17-8-2-3-13(11-17)9-15(16)18/h4-7,13H,2-3,8-11H2,1H3,(H2,16,18)/t13-/m0/s1. The van der Waals surface area contributed by atoms with Crippen LogP contribution in [0.2, 0.25) is 0 Å². The summed E-state index contributed by atoms with van der Waals surface area (Å²) >= 11 is 0. The van der Waals surface area contributed by atoms with Gasteiger partial charge in [-0.2, -0.15) is 0 Å². The van der Waals surface area contributed by atoms with E-state index in [0.29, 0.717) is 12.3 Å². The minimum absolute atomic E-state index is 0.184. The number of likely N-dealkylation sites (tertiary alicyclic amines) is 1. The lowest BCUT2D eigenvalue weighted by Crippen LogP contribution is -2.36. The van der Waals surface area contributed by atoms with E-state index in [9.17, 15) is 4.79 Å². The van der Waals surface area contributed by atoms with Gasteiger partial charge in [-0.05, 0) is 43.0 Å². The van der Waals surface area contributed by atoms with E-state index in [4.69, 9.17) is 10.5 Å². The Hall–Kier alpha value is -1.55. The van der Waals surface area contributed by atoms with Crippen LogP contribution >= 0.6 is 0 Å². The van der Waals surface area contributed by atoms with E-state index in [1.165, 1.54) is 5.56 Å². The molecule has 19 heavy (non-hydrogen) atoms. The Balaban J connectivity index is 1.88. The van der Waals surface area contributed by atoms with Crippen molar-refractivity contribution in [3.63, 3.8) is 0 Å². The van der Waals surface area contributed by atoms with Gasteiger partial charge in [0.2, 0.25) is 5.91 Å². The minimum Gasteiger partial charge on any atom is -0.497 e. The average molecular weight is 262 g/mol. The summed E-state index contributed by atoms with van der Waals surface area (Å²) in [6.45, 7) is 3.00. The molecule has 1 heterocycles. The molecule has 1 aromatic carbocycles. The zero-order valence-electron chi connectivity index (χ0n) is 11.5. The molecule has 0 saturated carbocycles. The first-order valence-corrected chi connectivity index (χ1v) is 6.81. The Bertz CT molecular complexity index is 417. The van der Waals surface area contributed by atoms with Crippen molar-refractivity contribution in [3.05, 3.63) is 29.8 Å². The number of nitrogens with zero attached hydrogens (tertiary/aromatic N) is 1. The predicted molar refractivity (Wildman–Crippen MR) is 74.8 cm³/mol. The van der Waals surface area contributed by atoms with E-state index in [0.717, 1.165) is 38.2 Å². The minimum atomic E-state index is -0.184. The van der Waals surface area contributed by atoms with Crippen molar-refractivity contribution in [2.75, 3.05) is 20.2 Å². The molecule has 0 bridgehead atoms. The van der Waals surface area contributed by atoms with Gasteiger partial charge in [0.25, 0.3) is 0 Å². The van der Waals surface area contributed by atoms with Crippen LogP contribution in [0.5, 0.6) is 5.75 Å². The van der Waals surface area contributed by atoms with E-state index >= 15 is 0 Å². The summed E-state index contributed by atoms with van der Waals surface area (Å²) in [6, 6.07) is 8.16. The fourth-order valence-electron chi connectivity index (χ4n) is 2.74. The Labute approximate surface area is 114 Å². The third-order valence-electron chi connectivity index (χ3n) is 3.66. The van der Waals surface area contributed by atoms with Crippen molar-refractivity contribution in [1.29, 1.82) is 0 Å². The molecule has 0 aliphatic carbocycles. The van der Waals surface area contributed by atoms with Crippen molar-refractivity contribution in [3.8, 4) is 5.75 Å². The second-order valence-corrected chi connectivity index (χ2v) is 5.26. The van der Waals surface area contributed by atoms with E-state index < -0.39 is 0 Å². The van der Waals surface area contributed by atoms with Crippen LogP contribution in [-0.2, 0) is 11.3 Å². The molecule has 2 N–H and O–H groups in total.